The number of rotatable bonds is 7. The fraction of sp³-hybridized carbons (Fsp3) is 0.375. The van der Waals surface area contributed by atoms with Crippen LogP contribution in [0.1, 0.15) is 23.5 Å². The van der Waals surface area contributed by atoms with Crippen molar-refractivity contribution in [1.82, 2.24) is 4.90 Å². The highest BCUT2D eigenvalue weighted by molar-refractivity contribution is 5.14. The molecule has 19 heavy (non-hydrogen) atoms. The van der Waals surface area contributed by atoms with Crippen molar-refractivity contribution < 1.29 is 4.42 Å². The zero-order chi connectivity index (χ0) is 13.5. The summed E-state index contributed by atoms with van der Waals surface area (Å²) >= 11 is 0. The number of nitrogens with zero attached hydrogens (tertiary/aromatic N) is 1. The number of aryl methyl sites for hydroxylation is 1. The van der Waals surface area contributed by atoms with E-state index in [-0.39, 0.29) is 0 Å². The first-order valence-electron chi connectivity index (χ1n) is 6.79. The number of nitrogens with two attached hydrogens (primary N) is 1. The Hall–Kier alpha value is -1.58. The van der Waals surface area contributed by atoms with Crippen molar-refractivity contribution >= 4 is 0 Å². The SMILES string of the molecule is Cc1ccc(CN(CCCN)Cc2ccccc2)o1. The number of benzene rings is 1. The van der Waals surface area contributed by atoms with E-state index in [0.717, 1.165) is 44.1 Å². The summed E-state index contributed by atoms with van der Waals surface area (Å²) in [5.74, 6) is 1.99. The molecule has 3 nitrogen and oxygen atoms in total. The topological polar surface area (TPSA) is 42.4 Å². The fourth-order valence-electron chi connectivity index (χ4n) is 2.16. The Balaban J connectivity index is 1.99. The molecule has 0 bridgehead atoms. The van der Waals surface area contributed by atoms with E-state index < -0.39 is 0 Å². The van der Waals surface area contributed by atoms with Gasteiger partial charge in [0.15, 0.2) is 0 Å². The first-order valence-corrected chi connectivity index (χ1v) is 6.79. The molecule has 1 heterocycles. The maximum atomic E-state index is 5.66. The molecule has 3 heteroatoms. The van der Waals surface area contributed by atoms with Crippen molar-refractivity contribution in [3.63, 3.8) is 0 Å². The Morgan fingerprint density at radius 3 is 2.47 bits per heavy atom. The summed E-state index contributed by atoms with van der Waals surface area (Å²) in [4.78, 5) is 2.38. The summed E-state index contributed by atoms with van der Waals surface area (Å²) in [6, 6.07) is 14.6. The van der Waals surface area contributed by atoms with Gasteiger partial charge in [-0.15, -0.1) is 0 Å². The van der Waals surface area contributed by atoms with E-state index in [1.54, 1.807) is 0 Å². The molecule has 0 aliphatic heterocycles. The molecule has 0 saturated carbocycles. The van der Waals surface area contributed by atoms with Gasteiger partial charge in [-0.05, 0) is 37.6 Å². The van der Waals surface area contributed by atoms with Crippen LogP contribution >= 0.6 is 0 Å². The molecule has 0 radical (unpaired) electrons. The summed E-state index contributed by atoms with van der Waals surface area (Å²) in [7, 11) is 0. The van der Waals surface area contributed by atoms with Crippen molar-refractivity contribution in [1.29, 1.82) is 0 Å². The Bertz CT molecular complexity index is 479. The Labute approximate surface area is 115 Å². The predicted molar refractivity (Wildman–Crippen MR) is 77.7 cm³/mol. The molecule has 1 aromatic carbocycles. The van der Waals surface area contributed by atoms with Crippen LogP contribution < -0.4 is 5.73 Å². The van der Waals surface area contributed by atoms with E-state index >= 15 is 0 Å². The van der Waals surface area contributed by atoms with Crippen LogP contribution in [0, 0.1) is 6.92 Å². The average molecular weight is 258 g/mol. The van der Waals surface area contributed by atoms with E-state index in [1.165, 1.54) is 5.56 Å². The Kier molecular flexibility index (Phi) is 5.19. The quantitative estimate of drug-likeness (QED) is 0.830. The molecular weight excluding hydrogens is 236 g/mol. The molecule has 0 fully saturated rings. The Morgan fingerprint density at radius 2 is 1.84 bits per heavy atom. The minimum Gasteiger partial charge on any atom is -0.465 e. The summed E-state index contributed by atoms with van der Waals surface area (Å²) in [5, 5.41) is 0. The molecule has 0 aliphatic rings. The summed E-state index contributed by atoms with van der Waals surface area (Å²) in [5.41, 5.74) is 6.94. The maximum Gasteiger partial charge on any atom is 0.118 e. The largest absolute Gasteiger partial charge is 0.465 e. The second-order valence-electron chi connectivity index (χ2n) is 4.85. The molecule has 1 aromatic heterocycles. The smallest absolute Gasteiger partial charge is 0.118 e. The molecule has 2 rings (SSSR count). The normalized spacial score (nSPS) is 11.1. The van der Waals surface area contributed by atoms with E-state index in [0.29, 0.717) is 0 Å². The van der Waals surface area contributed by atoms with Gasteiger partial charge in [-0.25, -0.2) is 0 Å². The van der Waals surface area contributed by atoms with Crippen molar-refractivity contribution in [3.8, 4) is 0 Å². The zero-order valence-corrected chi connectivity index (χ0v) is 11.5. The van der Waals surface area contributed by atoms with Crippen LogP contribution in [0.25, 0.3) is 0 Å². The van der Waals surface area contributed by atoms with Crippen LogP contribution in [0.4, 0.5) is 0 Å². The van der Waals surface area contributed by atoms with Crippen LogP contribution in [0.2, 0.25) is 0 Å². The van der Waals surface area contributed by atoms with Gasteiger partial charge in [0.25, 0.3) is 0 Å². The second kappa shape index (κ2) is 7.12. The third kappa shape index (κ3) is 4.54. The van der Waals surface area contributed by atoms with Crippen LogP contribution in [0.5, 0.6) is 0 Å². The first-order chi connectivity index (χ1) is 9.28. The molecule has 0 atom stereocenters. The van der Waals surface area contributed by atoms with Gasteiger partial charge in [-0.1, -0.05) is 30.3 Å². The highest BCUT2D eigenvalue weighted by atomic mass is 16.3. The highest BCUT2D eigenvalue weighted by Gasteiger charge is 2.09. The molecular formula is C16H22N2O. The molecule has 0 aliphatic carbocycles. The van der Waals surface area contributed by atoms with Gasteiger partial charge in [0.2, 0.25) is 0 Å². The molecule has 2 N–H and O–H groups in total. The third-order valence-electron chi connectivity index (χ3n) is 3.10. The lowest BCUT2D eigenvalue weighted by Crippen LogP contribution is -2.25. The molecule has 0 amide bonds. The van der Waals surface area contributed by atoms with E-state index in [9.17, 15) is 0 Å². The lowest BCUT2D eigenvalue weighted by Gasteiger charge is -2.21. The molecule has 2 aromatic rings. The van der Waals surface area contributed by atoms with Crippen LogP contribution in [0.15, 0.2) is 46.9 Å². The fourth-order valence-corrected chi connectivity index (χ4v) is 2.16. The van der Waals surface area contributed by atoms with E-state index in [4.69, 9.17) is 10.2 Å². The van der Waals surface area contributed by atoms with Crippen LogP contribution in [0.3, 0.4) is 0 Å². The van der Waals surface area contributed by atoms with Gasteiger partial charge in [0.05, 0.1) is 6.54 Å². The minimum atomic E-state index is 0.725. The average Bonchev–Trinajstić information content (AvgIpc) is 2.82. The molecule has 0 spiro atoms. The Morgan fingerprint density at radius 1 is 1.05 bits per heavy atom. The molecule has 0 unspecified atom stereocenters. The number of furan rings is 1. The standard InChI is InChI=1S/C16H22N2O/c1-14-8-9-16(19-14)13-18(11-5-10-17)12-15-6-3-2-4-7-15/h2-4,6-9H,5,10-13,17H2,1H3. The van der Waals surface area contributed by atoms with Gasteiger partial charge in [0.1, 0.15) is 11.5 Å². The number of hydrogen-bond acceptors (Lipinski definition) is 3. The van der Waals surface area contributed by atoms with Crippen molar-refractivity contribution in [2.24, 2.45) is 5.73 Å². The molecule has 102 valence electrons. The van der Waals surface area contributed by atoms with Gasteiger partial charge in [-0.2, -0.15) is 0 Å². The lowest BCUT2D eigenvalue weighted by molar-refractivity contribution is 0.232. The second-order valence-corrected chi connectivity index (χ2v) is 4.85. The molecule has 0 saturated heterocycles. The highest BCUT2D eigenvalue weighted by Crippen LogP contribution is 2.13. The van der Waals surface area contributed by atoms with Gasteiger partial charge in [-0.3, -0.25) is 4.90 Å². The third-order valence-corrected chi connectivity index (χ3v) is 3.10. The number of hydrogen-bond donors (Lipinski definition) is 1. The summed E-state index contributed by atoms with van der Waals surface area (Å²) in [6.07, 6.45) is 1.01. The van der Waals surface area contributed by atoms with Gasteiger partial charge < -0.3 is 10.2 Å². The zero-order valence-electron chi connectivity index (χ0n) is 11.5. The van der Waals surface area contributed by atoms with E-state index in [1.807, 2.05) is 19.1 Å². The van der Waals surface area contributed by atoms with Gasteiger partial charge in [0, 0.05) is 13.1 Å². The van der Waals surface area contributed by atoms with E-state index in [2.05, 4.69) is 35.2 Å². The minimum absolute atomic E-state index is 0.725. The lowest BCUT2D eigenvalue weighted by atomic mass is 10.2. The monoisotopic (exact) mass is 258 g/mol. The van der Waals surface area contributed by atoms with Crippen molar-refractivity contribution in [3.05, 3.63) is 59.5 Å². The van der Waals surface area contributed by atoms with Crippen molar-refractivity contribution in [2.75, 3.05) is 13.1 Å². The summed E-state index contributed by atoms with van der Waals surface area (Å²) in [6.45, 7) is 5.46. The summed E-state index contributed by atoms with van der Waals surface area (Å²) < 4.78 is 5.66. The predicted octanol–water partition coefficient (Wildman–Crippen LogP) is 2.94. The first kappa shape index (κ1) is 13.8. The van der Waals surface area contributed by atoms with Gasteiger partial charge >= 0.3 is 0 Å². The van der Waals surface area contributed by atoms with Crippen molar-refractivity contribution in [2.45, 2.75) is 26.4 Å². The van der Waals surface area contributed by atoms with Crippen LogP contribution in [-0.2, 0) is 13.1 Å². The maximum absolute atomic E-state index is 5.66. The van der Waals surface area contributed by atoms with Crippen LogP contribution in [-0.4, -0.2) is 18.0 Å².